The smallest absolute Gasteiger partial charge is 0.0125 e. The van der Waals surface area contributed by atoms with Crippen molar-refractivity contribution >= 4 is 26.2 Å². The predicted octanol–water partition coefficient (Wildman–Crippen LogP) is 11.1. The molecule has 0 aliphatic heterocycles. The summed E-state index contributed by atoms with van der Waals surface area (Å²) in [7, 11) is 3.39. The fourth-order valence-corrected chi connectivity index (χ4v) is 5.18. The SMILES string of the molecule is Br.CCCCCCCCC(C)C(P)(CCCCCCCC)CCCCCCCC. The highest BCUT2D eigenvalue weighted by atomic mass is 79.9. The maximum atomic E-state index is 3.39. The zero-order valence-corrected chi connectivity index (χ0v) is 23.8. The van der Waals surface area contributed by atoms with Crippen LogP contribution in [0.1, 0.15) is 163 Å². The summed E-state index contributed by atoms with van der Waals surface area (Å²) in [6, 6.07) is 0. The molecule has 0 aromatic heterocycles. The van der Waals surface area contributed by atoms with E-state index in [0.717, 1.165) is 5.92 Å². The highest BCUT2D eigenvalue weighted by molar-refractivity contribution is 8.93. The average molecular weight is 494 g/mol. The number of hydrogen-bond donors (Lipinski definition) is 0. The lowest BCUT2D eigenvalue weighted by atomic mass is 9.80. The van der Waals surface area contributed by atoms with Crippen LogP contribution in [-0.4, -0.2) is 5.16 Å². The third kappa shape index (κ3) is 19.3. The Morgan fingerprint density at radius 3 is 1.21 bits per heavy atom. The van der Waals surface area contributed by atoms with Crippen LogP contribution in [-0.2, 0) is 0 Å². The molecule has 2 unspecified atom stereocenters. The minimum absolute atomic E-state index is 0. The lowest BCUT2D eigenvalue weighted by molar-refractivity contribution is 0.311. The van der Waals surface area contributed by atoms with E-state index in [0.29, 0.717) is 5.16 Å². The van der Waals surface area contributed by atoms with E-state index in [4.69, 9.17) is 0 Å². The molecule has 0 amide bonds. The number of hydrogen-bond acceptors (Lipinski definition) is 0. The van der Waals surface area contributed by atoms with E-state index in [1.54, 1.807) is 0 Å². The Labute approximate surface area is 199 Å². The van der Waals surface area contributed by atoms with Crippen LogP contribution in [0, 0.1) is 5.92 Å². The summed E-state index contributed by atoms with van der Waals surface area (Å²) >= 11 is 0. The van der Waals surface area contributed by atoms with Crippen LogP contribution >= 0.6 is 26.2 Å². The highest BCUT2D eigenvalue weighted by Gasteiger charge is 2.29. The van der Waals surface area contributed by atoms with Crippen LogP contribution in [0.5, 0.6) is 0 Å². The molecule has 0 aliphatic rings. The number of halogens is 1. The van der Waals surface area contributed by atoms with Crippen molar-refractivity contribution in [3.05, 3.63) is 0 Å². The van der Waals surface area contributed by atoms with Gasteiger partial charge in [0.2, 0.25) is 0 Å². The molecule has 2 atom stereocenters. The summed E-state index contributed by atoms with van der Waals surface area (Å²) in [5, 5.41) is 0.513. The Balaban J connectivity index is 0. The lowest BCUT2D eigenvalue weighted by Crippen LogP contribution is -2.29. The van der Waals surface area contributed by atoms with Crippen molar-refractivity contribution in [2.45, 2.75) is 168 Å². The monoisotopic (exact) mass is 492 g/mol. The second-order valence-corrected chi connectivity index (χ2v) is 10.9. The third-order valence-electron chi connectivity index (χ3n) is 6.96. The van der Waals surface area contributed by atoms with Crippen LogP contribution in [0.25, 0.3) is 0 Å². The molecule has 178 valence electrons. The first kappa shape index (κ1) is 32.1. The van der Waals surface area contributed by atoms with Crippen LogP contribution in [0.2, 0.25) is 0 Å². The van der Waals surface area contributed by atoms with Crippen molar-refractivity contribution in [3.8, 4) is 0 Å². The van der Waals surface area contributed by atoms with Gasteiger partial charge >= 0.3 is 0 Å². The molecule has 0 nitrogen and oxygen atoms in total. The first-order chi connectivity index (χ1) is 13.6. The van der Waals surface area contributed by atoms with Gasteiger partial charge in [0.05, 0.1) is 0 Å². The van der Waals surface area contributed by atoms with Crippen molar-refractivity contribution in [2.75, 3.05) is 0 Å². The molecule has 0 spiro atoms. The van der Waals surface area contributed by atoms with Crippen molar-refractivity contribution in [1.29, 1.82) is 0 Å². The maximum absolute atomic E-state index is 3.39. The van der Waals surface area contributed by atoms with Gasteiger partial charge in [0.15, 0.2) is 0 Å². The average Bonchev–Trinajstić information content (AvgIpc) is 2.69. The summed E-state index contributed by atoms with van der Waals surface area (Å²) in [4.78, 5) is 0. The summed E-state index contributed by atoms with van der Waals surface area (Å²) in [6.45, 7) is 9.51. The van der Waals surface area contributed by atoms with E-state index in [1.165, 1.54) is 135 Å². The standard InChI is InChI=1S/C27H57P.BrH/c1-5-8-11-14-17-20-23-26(4)27(28,24-21-18-15-12-9-6-2)25-22-19-16-13-10-7-3;/h26H,5-25,28H2,1-4H3;1H. The van der Waals surface area contributed by atoms with Crippen molar-refractivity contribution in [3.63, 3.8) is 0 Å². The van der Waals surface area contributed by atoms with E-state index < -0.39 is 0 Å². The Hall–Kier alpha value is 0.910. The van der Waals surface area contributed by atoms with Crippen LogP contribution < -0.4 is 0 Å². The quantitative estimate of drug-likeness (QED) is 0.104. The lowest BCUT2D eigenvalue weighted by Gasteiger charge is -2.36. The molecular weight excluding hydrogens is 435 g/mol. The van der Waals surface area contributed by atoms with Gasteiger partial charge in [-0.3, -0.25) is 0 Å². The third-order valence-corrected chi connectivity index (χ3v) is 8.11. The van der Waals surface area contributed by atoms with Gasteiger partial charge in [-0.1, -0.05) is 143 Å². The molecule has 0 rings (SSSR count). The topological polar surface area (TPSA) is 0 Å². The van der Waals surface area contributed by atoms with Crippen molar-refractivity contribution in [2.24, 2.45) is 5.92 Å². The second kappa shape index (κ2) is 23.6. The van der Waals surface area contributed by atoms with Gasteiger partial charge in [0.1, 0.15) is 0 Å². The predicted molar refractivity (Wildman–Crippen MR) is 146 cm³/mol. The van der Waals surface area contributed by atoms with Crippen molar-refractivity contribution < 1.29 is 0 Å². The van der Waals surface area contributed by atoms with E-state index in [-0.39, 0.29) is 17.0 Å². The molecule has 0 fully saturated rings. The molecule has 0 aromatic carbocycles. The number of unbranched alkanes of at least 4 members (excludes halogenated alkanes) is 15. The van der Waals surface area contributed by atoms with Crippen molar-refractivity contribution in [1.82, 2.24) is 0 Å². The summed E-state index contributed by atoms with van der Waals surface area (Å²) < 4.78 is 0. The Bertz CT molecular complexity index is 289. The van der Waals surface area contributed by atoms with Gasteiger partial charge in [-0.15, -0.1) is 26.2 Å². The van der Waals surface area contributed by atoms with E-state index in [9.17, 15) is 0 Å². The number of rotatable bonds is 22. The second-order valence-electron chi connectivity index (χ2n) is 9.73. The fourth-order valence-electron chi connectivity index (χ4n) is 4.61. The molecule has 29 heavy (non-hydrogen) atoms. The first-order valence-electron chi connectivity index (χ1n) is 13.4. The zero-order chi connectivity index (χ0) is 20.9. The normalized spacial score (nSPS) is 12.7. The molecule has 0 saturated carbocycles. The molecule has 0 aliphatic carbocycles. The summed E-state index contributed by atoms with van der Waals surface area (Å²) in [5.74, 6) is 0.870. The van der Waals surface area contributed by atoms with Gasteiger partial charge in [-0.2, -0.15) is 0 Å². The highest BCUT2D eigenvalue weighted by Crippen LogP contribution is 2.41. The van der Waals surface area contributed by atoms with Crippen LogP contribution in [0.3, 0.4) is 0 Å². The minimum Gasteiger partial charge on any atom is -0.131 e. The molecule has 0 saturated heterocycles. The zero-order valence-electron chi connectivity index (χ0n) is 20.9. The van der Waals surface area contributed by atoms with E-state index >= 15 is 0 Å². The van der Waals surface area contributed by atoms with E-state index in [2.05, 4.69) is 36.9 Å². The Kier molecular flexibility index (Phi) is 26.1. The van der Waals surface area contributed by atoms with Crippen LogP contribution in [0.4, 0.5) is 0 Å². The molecule has 0 N–H and O–H groups in total. The minimum atomic E-state index is 0. The van der Waals surface area contributed by atoms with Gasteiger partial charge < -0.3 is 0 Å². The molecule has 0 heterocycles. The van der Waals surface area contributed by atoms with Crippen LogP contribution in [0.15, 0.2) is 0 Å². The summed E-state index contributed by atoms with van der Waals surface area (Å²) in [5.41, 5.74) is 0. The van der Waals surface area contributed by atoms with Gasteiger partial charge in [0.25, 0.3) is 0 Å². The maximum Gasteiger partial charge on any atom is -0.0125 e. The first-order valence-corrected chi connectivity index (χ1v) is 14.0. The molecule has 0 radical (unpaired) electrons. The molecular formula is C27H58BrP. The Morgan fingerprint density at radius 2 is 0.828 bits per heavy atom. The molecule has 2 heteroatoms. The largest absolute Gasteiger partial charge is 0.131 e. The molecule has 0 bridgehead atoms. The van der Waals surface area contributed by atoms with Gasteiger partial charge in [-0.25, -0.2) is 0 Å². The molecule has 0 aromatic rings. The van der Waals surface area contributed by atoms with E-state index in [1.807, 2.05) is 0 Å². The van der Waals surface area contributed by atoms with Gasteiger partial charge in [-0.05, 0) is 30.3 Å². The van der Waals surface area contributed by atoms with Gasteiger partial charge in [0, 0.05) is 0 Å². The Morgan fingerprint density at radius 1 is 0.517 bits per heavy atom. The fraction of sp³-hybridized carbons (Fsp3) is 1.00. The summed E-state index contributed by atoms with van der Waals surface area (Å²) in [6.07, 6.45) is 30.1.